The third-order valence-corrected chi connectivity index (χ3v) is 10.2. The van der Waals surface area contributed by atoms with Gasteiger partial charge < -0.3 is 25.3 Å². The zero-order valence-electron chi connectivity index (χ0n) is 26.4. The fourth-order valence-electron chi connectivity index (χ4n) is 7.12. The van der Waals surface area contributed by atoms with Crippen LogP contribution in [0.2, 0.25) is 5.02 Å². The Hall–Kier alpha value is -4.91. The number of carbonyl (C=O) groups excluding carboxylic acids is 3. The van der Waals surface area contributed by atoms with E-state index in [0.717, 1.165) is 61.8 Å². The predicted octanol–water partition coefficient (Wildman–Crippen LogP) is 3.81. The maximum atomic E-state index is 13.5. The van der Waals surface area contributed by atoms with Crippen molar-refractivity contribution < 1.29 is 18.8 Å². The van der Waals surface area contributed by atoms with Gasteiger partial charge in [-0.1, -0.05) is 23.7 Å². The van der Waals surface area contributed by atoms with Gasteiger partial charge in [0.15, 0.2) is 17.2 Å². The van der Waals surface area contributed by atoms with Crippen LogP contribution in [0, 0.1) is 0 Å². The summed E-state index contributed by atoms with van der Waals surface area (Å²) in [5.41, 5.74) is 6.81. The quantitative estimate of drug-likeness (QED) is 0.252. The highest BCUT2D eigenvalue weighted by atomic mass is 35.5. The van der Waals surface area contributed by atoms with Crippen LogP contribution in [0.1, 0.15) is 46.8 Å². The van der Waals surface area contributed by atoms with E-state index in [2.05, 4.69) is 53.8 Å². The van der Waals surface area contributed by atoms with Crippen molar-refractivity contribution in [2.75, 3.05) is 59.8 Å². The SMILES string of the molecule is CNc1cc(N2CCc3c(N4CCN(c5ccc(C6CCC(=O)NC6=O)c(Cl)c5)CC4)cccc32)nn2c(C(=O)N[C@@H]3C[C@@H]3F)cnc12. The van der Waals surface area contributed by atoms with Crippen LogP contribution in [-0.2, 0) is 16.0 Å². The second-order valence-electron chi connectivity index (χ2n) is 12.7. The van der Waals surface area contributed by atoms with E-state index in [1.54, 1.807) is 0 Å². The lowest BCUT2D eigenvalue weighted by Crippen LogP contribution is -2.46. The van der Waals surface area contributed by atoms with Crippen molar-refractivity contribution in [3.63, 3.8) is 0 Å². The zero-order chi connectivity index (χ0) is 33.1. The van der Waals surface area contributed by atoms with Crippen LogP contribution in [0.25, 0.3) is 5.65 Å². The van der Waals surface area contributed by atoms with Gasteiger partial charge in [-0.3, -0.25) is 19.7 Å². The van der Waals surface area contributed by atoms with E-state index in [1.165, 1.54) is 22.0 Å². The number of anilines is 5. The van der Waals surface area contributed by atoms with E-state index >= 15 is 0 Å². The van der Waals surface area contributed by atoms with Crippen LogP contribution in [0.4, 0.5) is 33.0 Å². The Morgan fingerprint density at radius 3 is 2.52 bits per heavy atom. The summed E-state index contributed by atoms with van der Waals surface area (Å²) in [6.45, 7) is 3.99. The first-order valence-electron chi connectivity index (χ1n) is 16.3. The van der Waals surface area contributed by atoms with Crippen LogP contribution in [0.3, 0.4) is 0 Å². The lowest BCUT2D eigenvalue weighted by Gasteiger charge is -2.38. The fraction of sp³-hybridized carbons (Fsp3) is 0.382. The normalized spacial score (nSPS) is 22.1. The third-order valence-electron chi connectivity index (χ3n) is 9.85. The average Bonchev–Trinajstić information content (AvgIpc) is 3.43. The topological polar surface area (TPSA) is 127 Å². The number of rotatable bonds is 7. The molecule has 248 valence electrons. The standard InChI is InChI=1S/C34H35ClFN9O3/c1-37-26-17-30(41-45-29(18-38-32(26)45)34(48)39-25-16-24(25)36)44-10-9-22-27(3-2-4-28(22)44)43-13-11-42(12-14-43)19-5-6-20(23(35)15-19)21-7-8-31(46)40-33(21)47/h2-6,15,17-18,21,24-25,37H,7-14,16H2,1H3,(H,39,48)(H,40,46,47)/t21?,24-,25+/m0/s1. The third kappa shape index (κ3) is 5.35. The van der Waals surface area contributed by atoms with Crippen molar-refractivity contribution in [3.05, 3.63) is 70.5 Å². The summed E-state index contributed by atoms with van der Waals surface area (Å²) in [5.74, 6) is -0.649. The van der Waals surface area contributed by atoms with Crippen molar-refractivity contribution in [2.45, 2.75) is 43.8 Å². The van der Waals surface area contributed by atoms with Gasteiger partial charge >= 0.3 is 0 Å². The molecule has 0 bridgehead atoms. The van der Waals surface area contributed by atoms with Gasteiger partial charge in [0.1, 0.15) is 6.17 Å². The van der Waals surface area contributed by atoms with Crippen LogP contribution >= 0.6 is 11.6 Å². The first-order valence-corrected chi connectivity index (χ1v) is 16.7. The molecule has 0 spiro atoms. The Balaban J connectivity index is 0.994. The summed E-state index contributed by atoms with van der Waals surface area (Å²) in [6.07, 6.45) is 2.43. The van der Waals surface area contributed by atoms with E-state index in [1.807, 2.05) is 31.3 Å². The van der Waals surface area contributed by atoms with Crippen LogP contribution < -0.4 is 30.7 Å². The largest absolute Gasteiger partial charge is 0.385 e. The Kier molecular flexibility index (Phi) is 7.58. The summed E-state index contributed by atoms with van der Waals surface area (Å²) < 4.78 is 15.0. The molecule has 3 aliphatic heterocycles. The summed E-state index contributed by atoms with van der Waals surface area (Å²) in [7, 11) is 1.81. The number of piperazine rings is 1. The van der Waals surface area contributed by atoms with Gasteiger partial charge in [0.2, 0.25) is 11.8 Å². The molecule has 1 unspecified atom stereocenters. The molecular formula is C34H35ClFN9O3. The maximum Gasteiger partial charge on any atom is 0.271 e. The van der Waals surface area contributed by atoms with Crippen molar-refractivity contribution in [1.29, 1.82) is 0 Å². The number of piperidine rings is 1. The molecule has 3 atom stereocenters. The Morgan fingerprint density at radius 2 is 1.79 bits per heavy atom. The summed E-state index contributed by atoms with van der Waals surface area (Å²) in [6, 6.07) is 13.7. The molecule has 3 fully saturated rings. The number of amides is 3. The Morgan fingerprint density at radius 1 is 1.02 bits per heavy atom. The fourth-order valence-corrected chi connectivity index (χ4v) is 7.43. The van der Waals surface area contributed by atoms with E-state index in [-0.39, 0.29) is 17.5 Å². The monoisotopic (exact) mass is 671 g/mol. The molecule has 4 aromatic rings. The van der Waals surface area contributed by atoms with E-state index in [0.29, 0.717) is 35.8 Å². The van der Waals surface area contributed by atoms with Gasteiger partial charge in [0.25, 0.3) is 5.91 Å². The molecular weight excluding hydrogens is 637 g/mol. The molecule has 0 radical (unpaired) electrons. The molecule has 3 N–H and O–H groups in total. The minimum atomic E-state index is -1.00. The van der Waals surface area contributed by atoms with Gasteiger partial charge in [0, 0.05) is 86.3 Å². The lowest BCUT2D eigenvalue weighted by atomic mass is 9.90. The second-order valence-corrected chi connectivity index (χ2v) is 13.1. The van der Waals surface area contributed by atoms with Gasteiger partial charge in [-0.25, -0.2) is 13.9 Å². The minimum Gasteiger partial charge on any atom is -0.385 e. The highest BCUT2D eigenvalue weighted by Gasteiger charge is 2.39. The molecule has 2 aromatic carbocycles. The molecule has 14 heteroatoms. The molecule has 12 nitrogen and oxygen atoms in total. The summed E-state index contributed by atoms with van der Waals surface area (Å²) in [4.78, 5) is 48.3. The second kappa shape index (κ2) is 12.0. The summed E-state index contributed by atoms with van der Waals surface area (Å²) in [5, 5.41) is 13.7. The Labute approximate surface area is 281 Å². The molecule has 2 aromatic heterocycles. The number of aromatic nitrogens is 3. The molecule has 1 aliphatic carbocycles. The molecule has 48 heavy (non-hydrogen) atoms. The van der Waals surface area contributed by atoms with Gasteiger partial charge in [0.05, 0.1) is 23.8 Å². The average molecular weight is 672 g/mol. The van der Waals surface area contributed by atoms with Crippen molar-refractivity contribution in [2.24, 2.45) is 0 Å². The summed E-state index contributed by atoms with van der Waals surface area (Å²) >= 11 is 6.68. The number of fused-ring (bicyclic) bond motifs is 2. The lowest BCUT2D eigenvalue weighted by molar-refractivity contribution is -0.134. The number of hydrogen-bond acceptors (Lipinski definition) is 9. The number of imide groups is 1. The number of alkyl halides is 1. The minimum absolute atomic E-state index is 0.239. The smallest absolute Gasteiger partial charge is 0.271 e. The molecule has 4 aliphatic rings. The number of nitrogens with zero attached hydrogens (tertiary/aromatic N) is 6. The van der Waals surface area contributed by atoms with E-state index < -0.39 is 24.0 Å². The molecule has 3 amide bonds. The number of carbonyl (C=O) groups is 3. The molecule has 2 saturated heterocycles. The van der Waals surface area contributed by atoms with Gasteiger partial charge in [-0.15, -0.1) is 5.10 Å². The number of nitrogens with one attached hydrogen (secondary N) is 3. The van der Waals surface area contributed by atoms with Gasteiger partial charge in [-0.2, -0.15) is 0 Å². The van der Waals surface area contributed by atoms with Crippen molar-refractivity contribution >= 4 is 63.5 Å². The highest BCUT2D eigenvalue weighted by molar-refractivity contribution is 6.32. The Bertz CT molecular complexity index is 1960. The van der Waals surface area contributed by atoms with Crippen LogP contribution in [0.15, 0.2) is 48.7 Å². The molecule has 1 saturated carbocycles. The zero-order valence-corrected chi connectivity index (χ0v) is 27.1. The number of hydrogen-bond donors (Lipinski definition) is 3. The number of benzene rings is 2. The van der Waals surface area contributed by atoms with Crippen molar-refractivity contribution in [3.8, 4) is 0 Å². The first-order chi connectivity index (χ1) is 23.3. The highest BCUT2D eigenvalue weighted by Crippen LogP contribution is 2.41. The first kappa shape index (κ1) is 30.4. The van der Waals surface area contributed by atoms with Crippen LogP contribution in [0.5, 0.6) is 0 Å². The van der Waals surface area contributed by atoms with Crippen LogP contribution in [-0.4, -0.2) is 84.3 Å². The maximum absolute atomic E-state index is 13.5. The number of imidazole rings is 1. The van der Waals surface area contributed by atoms with E-state index in [9.17, 15) is 18.8 Å². The predicted molar refractivity (Wildman–Crippen MR) is 181 cm³/mol. The van der Waals surface area contributed by atoms with Crippen molar-refractivity contribution in [1.82, 2.24) is 25.2 Å². The van der Waals surface area contributed by atoms with E-state index in [4.69, 9.17) is 16.7 Å². The molecule has 5 heterocycles. The molecule has 8 rings (SSSR count). The van der Waals surface area contributed by atoms with Gasteiger partial charge in [-0.05, 0) is 42.7 Å². The number of halogens is 2.